The molecule has 1 saturated heterocycles. The van der Waals surface area contributed by atoms with E-state index in [4.69, 9.17) is 0 Å². The molecule has 2 heteroatoms. The zero-order chi connectivity index (χ0) is 5.28. The molecule has 8 heavy (non-hydrogen) atoms. The Morgan fingerprint density at radius 1 is 1.62 bits per heavy atom. The van der Waals surface area contributed by atoms with Gasteiger partial charge in [-0.1, -0.05) is 7.43 Å². The zero-order valence-electron chi connectivity index (χ0n) is 4.52. The molecule has 1 rings (SSSR count). The summed E-state index contributed by atoms with van der Waals surface area (Å²) in [6.07, 6.45) is 0.182. The van der Waals surface area contributed by atoms with E-state index in [0.29, 0.717) is 6.54 Å². The largest absolute Gasteiger partial charge is 0.303 e. The van der Waals surface area contributed by atoms with Crippen LogP contribution in [0, 0.1) is 0 Å². The first-order valence-corrected chi connectivity index (χ1v) is 2.61. The van der Waals surface area contributed by atoms with Crippen LogP contribution in [0.5, 0.6) is 0 Å². The smallest absolute Gasteiger partial charge is 0.114 e. The lowest BCUT2D eigenvalue weighted by Gasteiger charge is -2.01. The van der Waals surface area contributed by atoms with E-state index in [1.165, 1.54) is 0 Å². The highest BCUT2D eigenvalue weighted by Gasteiger charge is 2.17. The molecule has 50 valence electrons. The molecule has 1 aliphatic heterocycles. The van der Waals surface area contributed by atoms with Crippen LogP contribution in [0.25, 0.3) is 0 Å². The van der Waals surface area contributed by atoms with Crippen molar-refractivity contribution in [3.05, 3.63) is 0 Å². The molecule has 0 aliphatic carbocycles. The Balaban J connectivity index is 0.000000490. The molecule has 0 spiro atoms. The Morgan fingerprint density at radius 2 is 2.25 bits per heavy atom. The van der Waals surface area contributed by atoms with Crippen molar-refractivity contribution in [1.82, 2.24) is 4.90 Å². The van der Waals surface area contributed by atoms with Crippen molar-refractivity contribution in [2.45, 2.75) is 20.0 Å². The summed E-state index contributed by atoms with van der Waals surface area (Å²) in [6.45, 7) is 1.57. The van der Waals surface area contributed by atoms with Gasteiger partial charge in [-0.05, 0) is 13.5 Å². The summed E-state index contributed by atoms with van der Waals surface area (Å²) in [7, 11) is 1.94. The minimum atomic E-state index is -0.551. The molecule has 0 N–H and O–H groups in total. The first kappa shape index (κ1) is 7.89. The molecular weight excluding hydrogens is 105 g/mol. The second-order valence-corrected chi connectivity index (χ2v) is 2.15. The average molecular weight is 119 g/mol. The predicted octanol–water partition coefficient (Wildman–Crippen LogP) is 1.30. The highest BCUT2D eigenvalue weighted by Crippen LogP contribution is 2.08. The van der Waals surface area contributed by atoms with Crippen LogP contribution in [0.15, 0.2) is 0 Å². The molecule has 1 fully saturated rings. The van der Waals surface area contributed by atoms with Gasteiger partial charge in [0, 0.05) is 13.1 Å². The van der Waals surface area contributed by atoms with Crippen molar-refractivity contribution in [1.29, 1.82) is 0 Å². The van der Waals surface area contributed by atoms with E-state index in [-0.39, 0.29) is 7.43 Å². The van der Waals surface area contributed by atoms with Gasteiger partial charge in [-0.25, -0.2) is 4.39 Å². The van der Waals surface area contributed by atoms with Crippen LogP contribution in [0.4, 0.5) is 4.39 Å². The SMILES string of the molecule is C.CN1CCC(F)C1. The van der Waals surface area contributed by atoms with Crippen LogP contribution in [0.1, 0.15) is 13.8 Å². The summed E-state index contributed by atoms with van der Waals surface area (Å²) in [6, 6.07) is 0. The Kier molecular flexibility index (Phi) is 2.98. The summed E-state index contributed by atoms with van der Waals surface area (Å²) >= 11 is 0. The highest BCUT2D eigenvalue weighted by atomic mass is 19.1. The number of halogens is 1. The van der Waals surface area contributed by atoms with Crippen molar-refractivity contribution in [2.24, 2.45) is 0 Å². The molecule has 0 radical (unpaired) electrons. The van der Waals surface area contributed by atoms with E-state index >= 15 is 0 Å². The van der Waals surface area contributed by atoms with Gasteiger partial charge in [0.25, 0.3) is 0 Å². The standard InChI is InChI=1S/C5H10FN.CH4/c1-7-3-2-5(6)4-7;/h5H,2-4H2,1H3;1H4. The van der Waals surface area contributed by atoms with E-state index in [1.54, 1.807) is 0 Å². The van der Waals surface area contributed by atoms with Crippen LogP contribution in [-0.4, -0.2) is 31.2 Å². The van der Waals surface area contributed by atoms with Gasteiger partial charge >= 0.3 is 0 Å². The minimum Gasteiger partial charge on any atom is -0.303 e. The maximum atomic E-state index is 12.1. The quantitative estimate of drug-likeness (QED) is 0.464. The van der Waals surface area contributed by atoms with Gasteiger partial charge in [0.05, 0.1) is 0 Å². The molecule has 0 amide bonds. The van der Waals surface area contributed by atoms with E-state index in [2.05, 4.69) is 0 Å². The van der Waals surface area contributed by atoms with E-state index < -0.39 is 6.17 Å². The van der Waals surface area contributed by atoms with Gasteiger partial charge < -0.3 is 4.90 Å². The van der Waals surface area contributed by atoms with Crippen molar-refractivity contribution in [3.8, 4) is 0 Å². The topological polar surface area (TPSA) is 3.24 Å². The molecule has 1 unspecified atom stereocenters. The lowest BCUT2D eigenvalue weighted by atomic mass is 10.4. The van der Waals surface area contributed by atoms with Gasteiger partial charge in [0.1, 0.15) is 6.17 Å². The number of alkyl halides is 1. The number of hydrogen-bond acceptors (Lipinski definition) is 1. The summed E-state index contributed by atoms with van der Waals surface area (Å²) in [5, 5.41) is 0. The zero-order valence-corrected chi connectivity index (χ0v) is 4.52. The lowest BCUT2D eigenvalue weighted by molar-refractivity contribution is 0.321. The summed E-state index contributed by atoms with van der Waals surface area (Å²) in [5.41, 5.74) is 0. The third-order valence-corrected chi connectivity index (χ3v) is 1.33. The monoisotopic (exact) mass is 119 g/mol. The first-order chi connectivity index (χ1) is 3.29. The van der Waals surface area contributed by atoms with Crippen molar-refractivity contribution in [2.75, 3.05) is 20.1 Å². The van der Waals surface area contributed by atoms with Crippen molar-refractivity contribution in [3.63, 3.8) is 0 Å². The molecule has 0 aromatic heterocycles. The number of hydrogen-bond donors (Lipinski definition) is 0. The lowest BCUT2D eigenvalue weighted by Crippen LogP contribution is -2.13. The Hall–Kier alpha value is -0.110. The first-order valence-electron chi connectivity index (χ1n) is 2.61. The van der Waals surface area contributed by atoms with E-state index in [9.17, 15) is 4.39 Å². The molecular formula is C6H14FN. The molecule has 0 aromatic carbocycles. The molecule has 1 atom stereocenters. The van der Waals surface area contributed by atoms with Crippen molar-refractivity contribution >= 4 is 0 Å². The second kappa shape index (κ2) is 3.02. The molecule has 1 aliphatic rings. The Labute approximate surface area is 50.5 Å². The van der Waals surface area contributed by atoms with Crippen LogP contribution >= 0.6 is 0 Å². The number of likely N-dealkylation sites (tertiary alicyclic amines) is 1. The van der Waals surface area contributed by atoms with Gasteiger partial charge in [-0.15, -0.1) is 0 Å². The number of nitrogens with zero attached hydrogens (tertiary/aromatic N) is 1. The summed E-state index contributed by atoms with van der Waals surface area (Å²) in [4.78, 5) is 2.00. The van der Waals surface area contributed by atoms with E-state index in [1.807, 2.05) is 11.9 Å². The fourth-order valence-electron chi connectivity index (χ4n) is 0.881. The third-order valence-electron chi connectivity index (χ3n) is 1.33. The summed E-state index contributed by atoms with van der Waals surface area (Å²) in [5.74, 6) is 0. The molecule has 0 bridgehead atoms. The van der Waals surface area contributed by atoms with Crippen molar-refractivity contribution < 1.29 is 4.39 Å². The molecule has 1 heterocycles. The highest BCUT2D eigenvalue weighted by molar-refractivity contribution is 4.70. The Bertz CT molecular complexity index is 57.5. The second-order valence-electron chi connectivity index (χ2n) is 2.15. The van der Waals surface area contributed by atoms with Crippen LogP contribution in [0.3, 0.4) is 0 Å². The van der Waals surface area contributed by atoms with Crippen LogP contribution in [0.2, 0.25) is 0 Å². The van der Waals surface area contributed by atoms with Gasteiger partial charge in [0.2, 0.25) is 0 Å². The van der Waals surface area contributed by atoms with Gasteiger partial charge in [-0.3, -0.25) is 0 Å². The van der Waals surface area contributed by atoms with Gasteiger partial charge in [0.15, 0.2) is 0 Å². The van der Waals surface area contributed by atoms with Crippen LogP contribution in [-0.2, 0) is 0 Å². The van der Waals surface area contributed by atoms with E-state index in [0.717, 1.165) is 13.0 Å². The fourth-order valence-corrected chi connectivity index (χ4v) is 0.881. The minimum absolute atomic E-state index is 0. The fraction of sp³-hybridized carbons (Fsp3) is 1.00. The number of rotatable bonds is 0. The normalized spacial score (nSPS) is 30.0. The molecule has 1 nitrogen and oxygen atoms in total. The average Bonchev–Trinajstić information content (AvgIpc) is 1.87. The predicted molar refractivity (Wildman–Crippen MR) is 33.7 cm³/mol. The molecule has 0 aromatic rings. The van der Waals surface area contributed by atoms with Gasteiger partial charge in [-0.2, -0.15) is 0 Å². The third kappa shape index (κ3) is 1.78. The Morgan fingerprint density at radius 3 is 2.38 bits per heavy atom. The molecule has 0 saturated carbocycles. The maximum absolute atomic E-state index is 12.1. The maximum Gasteiger partial charge on any atom is 0.114 e. The van der Waals surface area contributed by atoms with Crippen LogP contribution < -0.4 is 0 Å². The summed E-state index contributed by atoms with van der Waals surface area (Å²) < 4.78 is 12.1.